The molecule has 2 amide bonds. The summed E-state index contributed by atoms with van der Waals surface area (Å²) in [6.07, 6.45) is 1.93. The normalized spacial score (nSPS) is 9.95. The van der Waals surface area contributed by atoms with Crippen LogP contribution in [0.2, 0.25) is 0 Å². The molecular formula is C13H19FN4O2. The second kappa shape index (κ2) is 8.08. The molecule has 7 heteroatoms. The number of nitrogens with zero attached hydrogens (tertiary/aromatic N) is 1. The van der Waals surface area contributed by atoms with Crippen LogP contribution in [0.4, 0.5) is 10.2 Å². The number of halogens is 1. The summed E-state index contributed by atoms with van der Waals surface area (Å²) in [5.41, 5.74) is 0.154. The number of rotatable bonds is 7. The number of hydrogen-bond donors (Lipinski definition) is 3. The van der Waals surface area contributed by atoms with E-state index in [2.05, 4.69) is 20.9 Å². The number of nitrogens with one attached hydrogen (secondary N) is 3. The van der Waals surface area contributed by atoms with E-state index in [0.717, 1.165) is 18.7 Å². The van der Waals surface area contributed by atoms with E-state index in [1.165, 1.54) is 6.92 Å². The summed E-state index contributed by atoms with van der Waals surface area (Å²) in [4.78, 5) is 26.5. The highest BCUT2D eigenvalue weighted by Gasteiger charge is 2.13. The van der Waals surface area contributed by atoms with Gasteiger partial charge in [-0.2, -0.15) is 0 Å². The predicted octanol–water partition coefficient (Wildman–Crippen LogP) is 0.908. The van der Waals surface area contributed by atoms with Gasteiger partial charge in [0.1, 0.15) is 11.6 Å². The Bertz CT molecular complexity index is 479. The highest BCUT2D eigenvalue weighted by Crippen LogP contribution is 2.13. The molecule has 1 aromatic heterocycles. The van der Waals surface area contributed by atoms with E-state index in [-0.39, 0.29) is 18.0 Å². The average molecular weight is 282 g/mol. The molecular weight excluding hydrogens is 263 g/mol. The van der Waals surface area contributed by atoms with Crippen LogP contribution in [-0.4, -0.2) is 36.4 Å². The number of anilines is 1. The lowest BCUT2D eigenvalue weighted by Crippen LogP contribution is -2.34. The van der Waals surface area contributed by atoms with Gasteiger partial charge < -0.3 is 16.0 Å². The van der Waals surface area contributed by atoms with Gasteiger partial charge in [-0.25, -0.2) is 9.37 Å². The van der Waals surface area contributed by atoms with Crippen molar-refractivity contribution in [1.82, 2.24) is 15.6 Å². The Balaban J connectivity index is 2.65. The zero-order valence-corrected chi connectivity index (χ0v) is 11.6. The third kappa shape index (κ3) is 5.21. The Morgan fingerprint density at radius 2 is 1.95 bits per heavy atom. The summed E-state index contributed by atoms with van der Waals surface area (Å²) in [5.74, 6) is -0.817. The highest BCUT2D eigenvalue weighted by atomic mass is 19.1. The Morgan fingerprint density at radius 3 is 2.60 bits per heavy atom. The van der Waals surface area contributed by atoms with Crippen molar-refractivity contribution in [3.05, 3.63) is 23.6 Å². The van der Waals surface area contributed by atoms with Crippen molar-refractivity contribution >= 4 is 17.6 Å². The summed E-state index contributed by atoms with van der Waals surface area (Å²) in [6, 6.07) is 1.14. The summed E-state index contributed by atoms with van der Waals surface area (Å²) in [7, 11) is 0. The fraction of sp³-hybridized carbons (Fsp3) is 0.462. The lowest BCUT2D eigenvalue weighted by molar-refractivity contribution is -0.118. The minimum atomic E-state index is -0.570. The first-order valence-corrected chi connectivity index (χ1v) is 6.46. The lowest BCUT2D eigenvalue weighted by Gasteiger charge is -2.11. The van der Waals surface area contributed by atoms with E-state index < -0.39 is 11.7 Å². The van der Waals surface area contributed by atoms with Gasteiger partial charge >= 0.3 is 0 Å². The summed E-state index contributed by atoms with van der Waals surface area (Å²) >= 11 is 0. The monoisotopic (exact) mass is 282 g/mol. The van der Waals surface area contributed by atoms with Gasteiger partial charge in [-0.1, -0.05) is 6.92 Å². The largest absolute Gasteiger partial charge is 0.369 e. The molecule has 0 aromatic carbocycles. The number of amides is 2. The molecule has 0 saturated heterocycles. The fourth-order valence-corrected chi connectivity index (χ4v) is 1.51. The van der Waals surface area contributed by atoms with Crippen LogP contribution in [0.3, 0.4) is 0 Å². The molecule has 6 nitrogen and oxygen atoms in total. The molecule has 3 N–H and O–H groups in total. The molecule has 110 valence electrons. The molecule has 0 aliphatic rings. The molecule has 0 saturated carbocycles. The summed E-state index contributed by atoms with van der Waals surface area (Å²) in [6.45, 7) is 4.60. The van der Waals surface area contributed by atoms with Crippen LogP contribution in [0.5, 0.6) is 0 Å². The number of pyridine rings is 1. The van der Waals surface area contributed by atoms with Crippen LogP contribution < -0.4 is 16.0 Å². The van der Waals surface area contributed by atoms with E-state index >= 15 is 0 Å². The number of hydrogen-bond acceptors (Lipinski definition) is 4. The lowest BCUT2D eigenvalue weighted by atomic mass is 10.2. The summed E-state index contributed by atoms with van der Waals surface area (Å²) in [5, 5.41) is 8.12. The van der Waals surface area contributed by atoms with Crippen LogP contribution in [0, 0.1) is 5.82 Å². The van der Waals surface area contributed by atoms with Crippen molar-refractivity contribution in [3.8, 4) is 0 Å². The van der Waals surface area contributed by atoms with Crippen LogP contribution in [0.25, 0.3) is 0 Å². The average Bonchev–Trinajstić information content (AvgIpc) is 2.41. The molecule has 0 aliphatic carbocycles. The van der Waals surface area contributed by atoms with Crippen molar-refractivity contribution in [2.45, 2.75) is 20.3 Å². The minimum absolute atomic E-state index is 0.154. The SMILES string of the molecule is CCCNc1ncc(F)cc1C(=O)NCCNC(C)=O. The van der Waals surface area contributed by atoms with Gasteiger partial charge in [-0.05, 0) is 12.5 Å². The number of carbonyl (C=O) groups excluding carboxylic acids is 2. The molecule has 20 heavy (non-hydrogen) atoms. The maximum absolute atomic E-state index is 13.2. The molecule has 0 atom stereocenters. The molecule has 0 spiro atoms. The van der Waals surface area contributed by atoms with Gasteiger partial charge in [-0.15, -0.1) is 0 Å². The zero-order valence-electron chi connectivity index (χ0n) is 11.6. The molecule has 0 aliphatic heterocycles. The van der Waals surface area contributed by atoms with Crippen LogP contribution in [-0.2, 0) is 4.79 Å². The third-order valence-corrected chi connectivity index (χ3v) is 2.43. The van der Waals surface area contributed by atoms with E-state index in [0.29, 0.717) is 18.9 Å². The second-order valence-electron chi connectivity index (χ2n) is 4.22. The smallest absolute Gasteiger partial charge is 0.255 e. The van der Waals surface area contributed by atoms with E-state index in [4.69, 9.17) is 0 Å². The zero-order chi connectivity index (χ0) is 15.0. The van der Waals surface area contributed by atoms with Crippen LogP contribution >= 0.6 is 0 Å². The van der Waals surface area contributed by atoms with Crippen molar-refractivity contribution in [3.63, 3.8) is 0 Å². The molecule has 1 aromatic rings. The quantitative estimate of drug-likeness (QED) is 0.649. The fourth-order valence-electron chi connectivity index (χ4n) is 1.51. The first kappa shape index (κ1) is 15.9. The standard InChI is InChI=1S/C13H19FN4O2/c1-3-4-16-12-11(7-10(14)8-18-12)13(20)17-6-5-15-9(2)19/h7-8H,3-6H2,1-2H3,(H,15,19)(H,16,18)(H,17,20). The topological polar surface area (TPSA) is 83.1 Å². The molecule has 0 bridgehead atoms. The Morgan fingerprint density at radius 1 is 1.25 bits per heavy atom. The minimum Gasteiger partial charge on any atom is -0.369 e. The molecule has 1 rings (SSSR count). The molecule has 0 fully saturated rings. The van der Waals surface area contributed by atoms with E-state index in [1.807, 2.05) is 6.92 Å². The van der Waals surface area contributed by atoms with Gasteiger partial charge in [0.05, 0.1) is 11.8 Å². The predicted molar refractivity (Wildman–Crippen MR) is 74.0 cm³/mol. The van der Waals surface area contributed by atoms with E-state index in [9.17, 15) is 14.0 Å². The Labute approximate surface area is 117 Å². The van der Waals surface area contributed by atoms with E-state index in [1.54, 1.807) is 0 Å². The molecule has 1 heterocycles. The van der Waals surface area contributed by atoms with Crippen molar-refractivity contribution < 1.29 is 14.0 Å². The van der Waals surface area contributed by atoms with Gasteiger partial charge in [-0.3, -0.25) is 9.59 Å². The van der Waals surface area contributed by atoms with Crippen molar-refractivity contribution in [2.24, 2.45) is 0 Å². The second-order valence-corrected chi connectivity index (χ2v) is 4.22. The van der Waals surface area contributed by atoms with Gasteiger partial charge in [0.25, 0.3) is 5.91 Å². The third-order valence-electron chi connectivity index (χ3n) is 2.43. The van der Waals surface area contributed by atoms with Gasteiger partial charge in [0.15, 0.2) is 0 Å². The highest BCUT2D eigenvalue weighted by molar-refractivity contribution is 5.98. The first-order valence-electron chi connectivity index (χ1n) is 6.46. The summed E-state index contributed by atoms with van der Waals surface area (Å²) < 4.78 is 13.2. The Hall–Kier alpha value is -2.18. The number of aromatic nitrogens is 1. The van der Waals surface area contributed by atoms with Crippen LogP contribution in [0.1, 0.15) is 30.6 Å². The maximum atomic E-state index is 13.2. The van der Waals surface area contributed by atoms with Crippen molar-refractivity contribution in [1.29, 1.82) is 0 Å². The first-order chi connectivity index (χ1) is 9.54. The van der Waals surface area contributed by atoms with Crippen LogP contribution in [0.15, 0.2) is 12.3 Å². The van der Waals surface area contributed by atoms with Gasteiger partial charge in [0, 0.05) is 26.6 Å². The maximum Gasteiger partial charge on any atom is 0.255 e. The molecule has 0 unspecified atom stereocenters. The molecule has 0 radical (unpaired) electrons. The number of carbonyl (C=O) groups is 2. The van der Waals surface area contributed by atoms with Gasteiger partial charge in [0.2, 0.25) is 5.91 Å². The Kier molecular flexibility index (Phi) is 6.42. The van der Waals surface area contributed by atoms with Crippen molar-refractivity contribution in [2.75, 3.05) is 25.0 Å².